The molecule has 0 radical (unpaired) electrons. The molecule has 0 unspecified atom stereocenters. The van der Waals surface area contributed by atoms with Gasteiger partial charge in [-0.1, -0.05) is 36.4 Å². The molecule has 0 bridgehead atoms. The first-order chi connectivity index (χ1) is 12.8. The van der Waals surface area contributed by atoms with E-state index in [2.05, 4.69) is 0 Å². The van der Waals surface area contributed by atoms with Gasteiger partial charge in [0.05, 0.1) is 17.4 Å². The van der Waals surface area contributed by atoms with E-state index in [1.807, 2.05) is 50.2 Å². The number of carbonyl (C=O) groups excluding carboxylic acids is 1. The second-order valence-corrected chi connectivity index (χ2v) is 8.88. The van der Waals surface area contributed by atoms with E-state index in [1.54, 1.807) is 24.3 Å². The Kier molecular flexibility index (Phi) is 7.14. The average molecular weight is 385 g/mol. The Labute approximate surface area is 161 Å². The summed E-state index contributed by atoms with van der Waals surface area (Å²) in [6, 6.07) is 18.1. The zero-order chi connectivity index (χ0) is 19.9. The minimum atomic E-state index is -3.51. The second kappa shape index (κ2) is 9.33. The van der Waals surface area contributed by atoms with Gasteiger partial charge in [0.25, 0.3) is 0 Å². The summed E-state index contributed by atoms with van der Waals surface area (Å²) in [7, 11) is -3.51. The van der Waals surface area contributed by atoms with Gasteiger partial charge in [-0.25, -0.2) is 8.42 Å². The molecule has 0 spiro atoms. The van der Waals surface area contributed by atoms with Gasteiger partial charge in [0.15, 0.2) is 9.84 Å². The van der Waals surface area contributed by atoms with Crippen molar-refractivity contribution < 1.29 is 13.2 Å². The van der Waals surface area contributed by atoms with Crippen LogP contribution in [-0.4, -0.2) is 31.9 Å². The summed E-state index contributed by atoms with van der Waals surface area (Å²) in [5, 5.41) is 9.05. The summed E-state index contributed by atoms with van der Waals surface area (Å²) in [4.78, 5) is 14.1. The molecule has 0 aliphatic carbocycles. The standard InChI is InChI=1S/C21H24N2O3S/c1-17(2)23(20-12-6-10-19(14-20)15-22)21(24)16-27(25,26)13-7-11-18-8-4-3-5-9-18/h3-6,8-10,12,14,17H,7,11,13,16H2,1-2H3. The highest BCUT2D eigenvalue weighted by molar-refractivity contribution is 7.92. The molecule has 2 aromatic rings. The lowest BCUT2D eigenvalue weighted by Crippen LogP contribution is -2.41. The molecule has 0 aliphatic heterocycles. The third-order valence-electron chi connectivity index (χ3n) is 4.15. The smallest absolute Gasteiger partial charge is 0.242 e. The molecule has 5 nitrogen and oxygen atoms in total. The van der Waals surface area contributed by atoms with Gasteiger partial charge in [0.1, 0.15) is 5.75 Å². The van der Waals surface area contributed by atoms with E-state index in [0.717, 1.165) is 5.56 Å². The summed E-state index contributed by atoms with van der Waals surface area (Å²) < 4.78 is 24.8. The van der Waals surface area contributed by atoms with Gasteiger partial charge in [0, 0.05) is 11.7 Å². The number of anilines is 1. The number of sulfone groups is 1. The van der Waals surface area contributed by atoms with Crippen LogP contribution in [0, 0.1) is 11.3 Å². The monoisotopic (exact) mass is 384 g/mol. The van der Waals surface area contributed by atoms with E-state index < -0.39 is 21.5 Å². The topological polar surface area (TPSA) is 78.2 Å². The number of amides is 1. The predicted octanol–water partition coefficient (Wildman–Crippen LogP) is 3.35. The van der Waals surface area contributed by atoms with Crippen LogP contribution in [0.4, 0.5) is 5.69 Å². The maximum absolute atomic E-state index is 12.7. The van der Waals surface area contributed by atoms with Crippen LogP contribution in [-0.2, 0) is 21.1 Å². The maximum atomic E-state index is 12.7. The molecule has 0 fully saturated rings. The van der Waals surface area contributed by atoms with E-state index >= 15 is 0 Å². The molecule has 142 valence electrons. The number of nitriles is 1. The van der Waals surface area contributed by atoms with Crippen molar-refractivity contribution in [3.05, 3.63) is 65.7 Å². The maximum Gasteiger partial charge on any atom is 0.242 e. The molecule has 0 aromatic heterocycles. The van der Waals surface area contributed by atoms with Crippen LogP contribution < -0.4 is 4.90 Å². The summed E-state index contributed by atoms with van der Waals surface area (Å²) in [6.07, 6.45) is 1.14. The third-order valence-corrected chi connectivity index (χ3v) is 5.74. The quantitative estimate of drug-likeness (QED) is 0.699. The molecule has 1 amide bonds. The third kappa shape index (κ3) is 6.22. The summed E-state index contributed by atoms with van der Waals surface area (Å²) >= 11 is 0. The van der Waals surface area contributed by atoms with Crippen LogP contribution >= 0.6 is 0 Å². The van der Waals surface area contributed by atoms with Crippen molar-refractivity contribution in [3.8, 4) is 6.07 Å². The fraction of sp³-hybridized carbons (Fsp3) is 0.333. The first-order valence-corrected chi connectivity index (χ1v) is 10.7. The molecule has 2 rings (SSSR count). The number of aryl methyl sites for hydroxylation is 1. The van der Waals surface area contributed by atoms with Gasteiger partial charge in [-0.15, -0.1) is 0 Å². The highest BCUT2D eigenvalue weighted by atomic mass is 32.2. The van der Waals surface area contributed by atoms with Crippen LogP contribution in [0.5, 0.6) is 0 Å². The van der Waals surface area contributed by atoms with E-state index in [4.69, 9.17) is 5.26 Å². The highest BCUT2D eigenvalue weighted by Crippen LogP contribution is 2.19. The lowest BCUT2D eigenvalue weighted by atomic mass is 10.1. The largest absolute Gasteiger partial charge is 0.309 e. The summed E-state index contributed by atoms with van der Waals surface area (Å²) in [5.74, 6) is -1.03. The van der Waals surface area contributed by atoms with Crippen LogP contribution in [0.15, 0.2) is 54.6 Å². The molecule has 27 heavy (non-hydrogen) atoms. The molecule has 2 aromatic carbocycles. The van der Waals surface area contributed by atoms with E-state index in [-0.39, 0.29) is 11.8 Å². The van der Waals surface area contributed by atoms with Gasteiger partial charge in [0.2, 0.25) is 5.91 Å². The number of rotatable bonds is 8. The molecule has 0 aliphatic rings. The van der Waals surface area contributed by atoms with Gasteiger partial charge in [-0.2, -0.15) is 5.26 Å². The zero-order valence-corrected chi connectivity index (χ0v) is 16.4. The van der Waals surface area contributed by atoms with Crippen molar-refractivity contribution in [1.29, 1.82) is 5.26 Å². The minimum Gasteiger partial charge on any atom is -0.309 e. The predicted molar refractivity (Wildman–Crippen MR) is 107 cm³/mol. The van der Waals surface area contributed by atoms with Crippen molar-refractivity contribution in [2.75, 3.05) is 16.4 Å². The Bertz CT molecular complexity index is 916. The van der Waals surface area contributed by atoms with Crippen molar-refractivity contribution >= 4 is 21.4 Å². The summed E-state index contributed by atoms with van der Waals surface area (Å²) in [6.45, 7) is 3.64. The Morgan fingerprint density at radius 2 is 1.81 bits per heavy atom. The van der Waals surface area contributed by atoms with Gasteiger partial charge >= 0.3 is 0 Å². The number of benzene rings is 2. The van der Waals surface area contributed by atoms with Gasteiger partial charge in [-0.05, 0) is 50.5 Å². The minimum absolute atomic E-state index is 0.0300. The Balaban J connectivity index is 2.04. The average Bonchev–Trinajstić information content (AvgIpc) is 2.62. The molecule has 0 heterocycles. The van der Waals surface area contributed by atoms with Crippen LogP contribution in [0.25, 0.3) is 0 Å². The van der Waals surface area contributed by atoms with Gasteiger partial charge < -0.3 is 4.90 Å². The Morgan fingerprint density at radius 3 is 2.44 bits per heavy atom. The SMILES string of the molecule is CC(C)N(C(=O)CS(=O)(=O)CCCc1ccccc1)c1cccc(C#N)c1. The molecule has 6 heteroatoms. The van der Waals surface area contributed by atoms with Gasteiger partial charge in [-0.3, -0.25) is 4.79 Å². The molecule has 0 N–H and O–H groups in total. The zero-order valence-electron chi connectivity index (χ0n) is 15.6. The van der Waals surface area contributed by atoms with E-state index in [9.17, 15) is 13.2 Å². The molecular formula is C21H24N2O3S. The molecule has 0 atom stereocenters. The first kappa shape index (κ1) is 20.7. The van der Waals surface area contributed by atoms with Crippen LogP contribution in [0.1, 0.15) is 31.4 Å². The van der Waals surface area contributed by atoms with E-state index in [1.165, 1.54) is 4.90 Å². The van der Waals surface area contributed by atoms with Crippen LogP contribution in [0.3, 0.4) is 0 Å². The van der Waals surface area contributed by atoms with Crippen molar-refractivity contribution in [3.63, 3.8) is 0 Å². The number of nitrogens with zero attached hydrogens (tertiary/aromatic N) is 2. The lowest BCUT2D eigenvalue weighted by molar-refractivity contribution is -0.116. The van der Waals surface area contributed by atoms with E-state index in [0.29, 0.717) is 24.1 Å². The normalized spacial score (nSPS) is 11.2. The number of carbonyl (C=O) groups is 1. The molecule has 0 saturated carbocycles. The van der Waals surface area contributed by atoms with Crippen molar-refractivity contribution in [2.24, 2.45) is 0 Å². The van der Waals surface area contributed by atoms with Crippen molar-refractivity contribution in [2.45, 2.75) is 32.7 Å². The van der Waals surface area contributed by atoms with Crippen molar-refractivity contribution in [1.82, 2.24) is 0 Å². The summed E-state index contributed by atoms with van der Waals surface area (Å²) in [5.41, 5.74) is 2.04. The lowest BCUT2D eigenvalue weighted by Gasteiger charge is -2.27. The second-order valence-electron chi connectivity index (χ2n) is 6.70. The Hall–Kier alpha value is -2.65. The first-order valence-electron chi connectivity index (χ1n) is 8.89. The number of hydrogen-bond donors (Lipinski definition) is 0. The fourth-order valence-electron chi connectivity index (χ4n) is 2.93. The fourth-order valence-corrected chi connectivity index (χ4v) is 4.17. The molecule has 0 saturated heterocycles. The highest BCUT2D eigenvalue weighted by Gasteiger charge is 2.25. The van der Waals surface area contributed by atoms with Crippen LogP contribution in [0.2, 0.25) is 0 Å². The Morgan fingerprint density at radius 1 is 1.11 bits per heavy atom. The number of hydrogen-bond acceptors (Lipinski definition) is 4. The molecular weight excluding hydrogens is 360 g/mol.